The lowest BCUT2D eigenvalue weighted by atomic mass is 9.68. The first-order valence-electron chi connectivity index (χ1n) is 10.7. The third kappa shape index (κ3) is 4.70. The lowest BCUT2D eigenvalue weighted by Gasteiger charge is -2.41. The molecule has 0 amide bonds. The molecule has 1 aliphatic heterocycles. The lowest BCUT2D eigenvalue weighted by molar-refractivity contribution is -0.926. The minimum atomic E-state index is -1.03. The third-order valence-corrected chi connectivity index (χ3v) is 6.92. The molecule has 1 saturated heterocycles. The second kappa shape index (κ2) is 9.46. The molecule has 1 heterocycles. The number of piperidine rings is 1. The lowest BCUT2D eigenvalue weighted by Crippen LogP contribution is -3.00. The van der Waals surface area contributed by atoms with E-state index >= 15 is 0 Å². The maximum Gasteiger partial charge on any atom is 0.156 e. The van der Waals surface area contributed by atoms with Gasteiger partial charge < -0.3 is 22.0 Å². The first-order chi connectivity index (χ1) is 12.5. The highest BCUT2D eigenvalue weighted by Crippen LogP contribution is 2.50. The summed E-state index contributed by atoms with van der Waals surface area (Å²) in [6, 6.07) is 10.2. The van der Waals surface area contributed by atoms with Gasteiger partial charge in [0.2, 0.25) is 0 Å². The Labute approximate surface area is 172 Å². The summed E-state index contributed by atoms with van der Waals surface area (Å²) >= 11 is 0. The van der Waals surface area contributed by atoms with E-state index in [0.717, 1.165) is 29.4 Å². The summed E-state index contributed by atoms with van der Waals surface area (Å²) < 4.78 is 1.13. The topological polar surface area (TPSA) is 20.2 Å². The molecule has 0 spiro atoms. The summed E-state index contributed by atoms with van der Waals surface area (Å²) in [5.41, 5.74) is -0.201. The fourth-order valence-corrected chi connectivity index (χ4v) is 5.22. The summed E-state index contributed by atoms with van der Waals surface area (Å²) in [6.07, 6.45) is 9.73. The van der Waals surface area contributed by atoms with Crippen molar-refractivity contribution in [1.29, 1.82) is 0 Å². The van der Waals surface area contributed by atoms with Crippen LogP contribution in [-0.2, 0) is 5.60 Å². The second-order valence-corrected chi connectivity index (χ2v) is 8.88. The van der Waals surface area contributed by atoms with Crippen LogP contribution in [0.5, 0.6) is 0 Å². The molecule has 1 aromatic rings. The van der Waals surface area contributed by atoms with Gasteiger partial charge in [-0.05, 0) is 50.0 Å². The van der Waals surface area contributed by atoms with E-state index < -0.39 is 5.60 Å². The van der Waals surface area contributed by atoms with Gasteiger partial charge in [-0.3, -0.25) is 0 Å². The van der Waals surface area contributed by atoms with Gasteiger partial charge in [0.1, 0.15) is 6.54 Å². The Morgan fingerprint density at radius 3 is 2.26 bits per heavy atom. The third-order valence-electron chi connectivity index (χ3n) is 6.92. The SMILES string of the molecule is CCC[N+]1(CC#CC(O)(c2ccccc2)C2(C)CCCC2)CCCCC1.[Cl-]. The van der Waals surface area contributed by atoms with Crippen LogP contribution in [0.15, 0.2) is 30.3 Å². The number of hydrogen-bond acceptors (Lipinski definition) is 1. The molecule has 150 valence electrons. The normalized spacial score (nSPS) is 22.8. The first kappa shape index (κ1) is 22.3. The molecule has 3 heteroatoms. The van der Waals surface area contributed by atoms with Crippen LogP contribution in [0.3, 0.4) is 0 Å². The Balaban J connectivity index is 0.00000261. The van der Waals surface area contributed by atoms with Crippen LogP contribution in [0.1, 0.15) is 70.8 Å². The fourth-order valence-electron chi connectivity index (χ4n) is 5.22. The van der Waals surface area contributed by atoms with Crippen molar-refractivity contribution < 1.29 is 22.0 Å². The summed E-state index contributed by atoms with van der Waals surface area (Å²) in [5, 5.41) is 11.8. The van der Waals surface area contributed by atoms with Crippen LogP contribution in [0.2, 0.25) is 0 Å². The molecule has 1 aliphatic carbocycles. The molecule has 0 bridgehead atoms. The number of hydrogen-bond donors (Lipinski definition) is 1. The van der Waals surface area contributed by atoms with Crippen molar-refractivity contribution in [2.75, 3.05) is 26.2 Å². The Bertz CT molecular complexity index is 630. The zero-order valence-electron chi connectivity index (χ0n) is 17.1. The highest BCUT2D eigenvalue weighted by molar-refractivity contribution is 5.35. The minimum absolute atomic E-state index is 0. The van der Waals surface area contributed by atoms with E-state index in [2.05, 4.69) is 37.8 Å². The number of benzene rings is 1. The first-order valence-corrected chi connectivity index (χ1v) is 10.7. The molecular weight excluding hydrogens is 354 g/mol. The molecule has 3 rings (SSSR count). The van der Waals surface area contributed by atoms with Gasteiger partial charge in [-0.1, -0.05) is 62.9 Å². The van der Waals surface area contributed by atoms with E-state index in [1.54, 1.807) is 0 Å². The number of likely N-dealkylation sites (tertiary alicyclic amines) is 1. The zero-order chi connectivity index (χ0) is 18.5. The van der Waals surface area contributed by atoms with Gasteiger partial charge in [0.05, 0.1) is 19.6 Å². The molecule has 1 saturated carbocycles. The Morgan fingerprint density at radius 2 is 1.67 bits per heavy atom. The smallest absolute Gasteiger partial charge is 0.156 e. The van der Waals surface area contributed by atoms with Gasteiger partial charge in [0.25, 0.3) is 0 Å². The van der Waals surface area contributed by atoms with Crippen LogP contribution in [-0.4, -0.2) is 35.8 Å². The summed E-state index contributed by atoms with van der Waals surface area (Å²) in [4.78, 5) is 0. The molecule has 0 aromatic heterocycles. The molecule has 27 heavy (non-hydrogen) atoms. The maximum absolute atomic E-state index is 11.8. The molecule has 2 fully saturated rings. The van der Waals surface area contributed by atoms with Crippen molar-refractivity contribution in [3.05, 3.63) is 35.9 Å². The molecule has 1 aromatic carbocycles. The van der Waals surface area contributed by atoms with Gasteiger partial charge in [-0.2, -0.15) is 0 Å². The minimum Gasteiger partial charge on any atom is -1.00 e. The summed E-state index contributed by atoms with van der Waals surface area (Å²) in [7, 11) is 0. The van der Waals surface area contributed by atoms with Crippen molar-refractivity contribution in [2.24, 2.45) is 5.41 Å². The second-order valence-electron chi connectivity index (χ2n) is 8.88. The predicted molar refractivity (Wildman–Crippen MR) is 109 cm³/mol. The Kier molecular flexibility index (Phi) is 7.81. The zero-order valence-corrected chi connectivity index (χ0v) is 17.9. The number of aliphatic hydroxyl groups is 1. The molecule has 1 N–H and O–H groups in total. The van der Waals surface area contributed by atoms with Crippen LogP contribution in [0.4, 0.5) is 0 Å². The Morgan fingerprint density at radius 1 is 1.04 bits per heavy atom. The Hall–Kier alpha value is -1.01. The highest BCUT2D eigenvalue weighted by Gasteiger charge is 2.48. The van der Waals surface area contributed by atoms with Gasteiger partial charge >= 0.3 is 0 Å². The van der Waals surface area contributed by atoms with Crippen LogP contribution in [0, 0.1) is 17.3 Å². The van der Waals surface area contributed by atoms with Crippen molar-refractivity contribution >= 4 is 0 Å². The molecule has 1 atom stereocenters. The molecule has 2 aliphatic rings. The van der Waals surface area contributed by atoms with Crippen molar-refractivity contribution in [3.63, 3.8) is 0 Å². The monoisotopic (exact) mass is 389 g/mol. The van der Waals surface area contributed by atoms with Gasteiger partial charge in [0.15, 0.2) is 5.60 Å². The van der Waals surface area contributed by atoms with Gasteiger partial charge in [-0.15, -0.1) is 0 Å². The van der Waals surface area contributed by atoms with E-state index in [1.165, 1.54) is 58.2 Å². The maximum atomic E-state index is 11.8. The van der Waals surface area contributed by atoms with E-state index in [9.17, 15) is 5.11 Å². The largest absolute Gasteiger partial charge is 1.00 e. The van der Waals surface area contributed by atoms with Crippen LogP contribution >= 0.6 is 0 Å². The van der Waals surface area contributed by atoms with Gasteiger partial charge in [0, 0.05) is 5.41 Å². The molecule has 1 unspecified atom stereocenters. The highest BCUT2D eigenvalue weighted by atomic mass is 35.5. The standard InChI is InChI=1S/C24H36NO.ClH/c1-3-18-25(19-10-5-11-20-25)21-12-17-24(26,22-13-6-4-7-14-22)23(2)15-8-9-16-23;/h4,6-7,13-14,26H,3,5,8-11,15-16,18-21H2,1-2H3;1H/q+1;/p-1. The average Bonchev–Trinajstić information content (AvgIpc) is 3.11. The van der Waals surface area contributed by atoms with E-state index in [0.29, 0.717) is 0 Å². The quantitative estimate of drug-likeness (QED) is 0.602. The van der Waals surface area contributed by atoms with Crippen LogP contribution in [0.25, 0.3) is 0 Å². The van der Waals surface area contributed by atoms with E-state index in [4.69, 9.17) is 0 Å². The van der Waals surface area contributed by atoms with Crippen LogP contribution < -0.4 is 12.4 Å². The number of quaternary nitrogens is 1. The number of nitrogens with zero attached hydrogens (tertiary/aromatic N) is 1. The predicted octanol–water partition coefficient (Wildman–Crippen LogP) is 1.87. The van der Waals surface area contributed by atoms with Gasteiger partial charge in [-0.25, -0.2) is 0 Å². The molecule has 0 radical (unpaired) electrons. The molecular formula is C24H36ClNO. The fraction of sp³-hybridized carbons (Fsp3) is 0.667. The summed E-state index contributed by atoms with van der Waals surface area (Å²) in [5.74, 6) is 6.91. The average molecular weight is 390 g/mol. The molecule has 2 nitrogen and oxygen atoms in total. The summed E-state index contributed by atoms with van der Waals surface area (Å²) in [6.45, 7) is 9.13. The van der Waals surface area contributed by atoms with E-state index in [-0.39, 0.29) is 17.8 Å². The number of rotatable bonds is 5. The van der Waals surface area contributed by atoms with Crippen molar-refractivity contribution in [2.45, 2.75) is 70.8 Å². The van der Waals surface area contributed by atoms with Crippen molar-refractivity contribution in [3.8, 4) is 11.8 Å². The van der Waals surface area contributed by atoms with E-state index in [1.807, 2.05) is 18.2 Å². The number of halogens is 1. The van der Waals surface area contributed by atoms with Crippen molar-refractivity contribution in [1.82, 2.24) is 0 Å².